The maximum Gasteiger partial charge on any atom is 0.123 e. The van der Waals surface area contributed by atoms with E-state index in [1.165, 1.54) is 0 Å². The van der Waals surface area contributed by atoms with Gasteiger partial charge in [-0.2, -0.15) is 0 Å². The number of hydrogen-bond donors (Lipinski definition) is 1. The highest BCUT2D eigenvalue weighted by Crippen LogP contribution is 2.25. The molecule has 0 amide bonds. The van der Waals surface area contributed by atoms with Gasteiger partial charge in [0.1, 0.15) is 5.75 Å². The van der Waals surface area contributed by atoms with Gasteiger partial charge in [-0.1, -0.05) is 45.4 Å². The number of rotatable bonds is 6. The summed E-state index contributed by atoms with van der Waals surface area (Å²) in [5, 5.41) is 4.16. The van der Waals surface area contributed by atoms with Crippen LogP contribution in [0.1, 0.15) is 33.3 Å². The van der Waals surface area contributed by atoms with Gasteiger partial charge < -0.3 is 10.1 Å². The third-order valence-corrected chi connectivity index (χ3v) is 2.99. The molecule has 0 unspecified atom stereocenters. The standard InChI is InChI=1S/C15H24ClNO/c1-11(2)17-9-15(4,5)10-18-14-8-13(16)7-6-12(14)3/h6-8,11,17H,9-10H2,1-5H3. The first-order valence-corrected chi connectivity index (χ1v) is 6.80. The van der Waals surface area contributed by atoms with E-state index < -0.39 is 0 Å². The van der Waals surface area contributed by atoms with Crippen LogP contribution in [0.25, 0.3) is 0 Å². The van der Waals surface area contributed by atoms with Crippen molar-refractivity contribution in [2.45, 2.75) is 40.7 Å². The van der Waals surface area contributed by atoms with Crippen LogP contribution in [0.5, 0.6) is 5.75 Å². The second-order valence-electron chi connectivity index (χ2n) is 5.90. The average Bonchev–Trinajstić information content (AvgIpc) is 2.28. The predicted octanol–water partition coefficient (Wildman–Crippen LogP) is 4.05. The van der Waals surface area contributed by atoms with Crippen molar-refractivity contribution in [1.29, 1.82) is 0 Å². The highest BCUT2D eigenvalue weighted by molar-refractivity contribution is 6.30. The molecule has 0 fully saturated rings. The van der Waals surface area contributed by atoms with Crippen molar-refractivity contribution in [2.75, 3.05) is 13.2 Å². The molecule has 1 rings (SSSR count). The Balaban J connectivity index is 2.55. The van der Waals surface area contributed by atoms with Crippen molar-refractivity contribution in [2.24, 2.45) is 5.41 Å². The highest BCUT2D eigenvalue weighted by atomic mass is 35.5. The van der Waals surface area contributed by atoms with Crippen LogP contribution in [-0.4, -0.2) is 19.2 Å². The summed E-state index contributed by atoms with van der Waals surface area (Å²) in [6.45, 7) is 12.3. The lowest BCUT2D eigenvalue weighted by Crippen LogP contribution is -2.37. The molecule has 0 saturated carbocycles. The van der Waals surface area contributed by atoms with Crippen LogP contribution >= 0.6 is 11.6 Å². The summed E-state index contributed by atoms with van der Waals surface area (Å²) in [7, 11) is 0. The minimum atomic E-state index is 0.0963. The normalized spacial score (nSPS) is 11.9. The largest absolute Gasteiger partial charge is 0.493 e. The van der Waals surface area contributed by atoms with Gasteiger partial charge in [0.2, 0.25) is 0 Å². The molecule has 102 valence electrons. The van der Waals surface area contributed by atoms with Crippen molar-refractivity contribution in [3.05, 3.63) is 28.8 Å². The Morgan fingerprint density at radius 1 is 1.33 bits per heavy atom. The summed E-state index contributed by atoms with van der Waals surface area (Å²) in [6.07, 6.45) is 0. The Morgan fingerprint density at radius 2 is 2.00 bits per heavy atom. The molecule has 1 N–H and O–H groups in total. The van der Waals surface area contributed by atoms with E-state index >= 15 is 0 Å². The van der Waals surface area contributed by atoms with E-state index in [1.54, 1.807) is 0 Å². The monoisotopic (exact) mass is 269 g/mol. The molecule has 0 heterocycles. The van der Waals surface area contributed by atoms with E-state index in [4.69, 9.17) is 16.3 Å². The Labute approximate surface area is 116 Å². The predicted molar refractivity (Wildman–Crippen MR) is 78.6 cm³/mol. The van der Waals surface area contributed by atoms with Gasteiger partial charge in [-0.15, -0.1) is 0 Å². The van der Waals surface area contributed by atoms with Crippen LogP contribution in [0.4, 0.5) is 0 Å². The van der Waals surface area contributed by atoms with E-state index in [0.717, 1.165) is 17.9 Å². The fourth-order valence-electron chi connectivity index (χ4n) is 1.53. The zero-order chi connectivity index (χ0) is 13.8. The lowest BCUT2D eigenvalue weighted by Gasteiger charge is -2.26. The third-order valence-electron chi connectivity index (χ3n) is 2.76. The molecule has 1 aromatic carbocycles. The number of benzene rings is 1. The van der Waals surface area contributed by atoms with Crippen molar-refractivity contribution < 1.29 is 4.74 Å². The summed E-state index contributed by atoms with van der Waals surface area (Å²) >= 11 is 5.98. The first-order valence-electron chi connectivity index (χ1n) is 6.42. The second-order valence-corrected chi connectivity index (χ2v) is 6.33. The molecule has 0 aliphatic heterocycles. The molecule has 0 aliphatic carbocycles. The van der Waals surface area contributed by atoms with Gasteiger partial charge >= 0.3 is 0 Å². The van der Waals surface area contributed by atoms with Crippen LogP contribution in [0, 0.1) is 12.3 Å². The molecule has 0 radical (unpaired) electrons. The van der Waals surface area contributed by atoms with Gasteiger partial charge in [0.05, 0.1) is 6.61 Å². The van der Waals surface area contributed by atoms with E-state index in [0.29, 0.717) is 17.7 Å². The summed E-state index contributed by atoms with van der Waals surface area (Å²) in [5.74, 6) is 0.875. The lowest BCUT2D eigenvalue weighted by atomic mass is 9.94. The van der Waals surface area contributed by atoms with E-state index in [1.807, 2.05) is 25.1 Å². The quantitative estimate of drug-likeness (QED) is 0.841. The van der Waals surface area contributed by atoms with E-state index in [-0.39, 0.29) is 5.41 Å². The van der Waals surface area contributed by atoms with Gasteiger partial charge in [-0.25, -0.2) is 0 Å². The Morgan fingerprint density at radius 3 is 2.61 bits per heavy atom. The number of halogens is 1. The van der Waals surface area contributed by atoms with Gasteiger partial charge in [-0.3, -0.25) is 0 Å². The van der Waals surface area contributed by atoms with Crippen LogP contribution in [-0.2, 0) is 0 Å². The van der Waals surface area contributed by atoms with Crippen molar-refractivity contribution >= 4 is 11.6 Å². The van der Waals surface area contributed by atoms with Crippen LogP contribution in [0.15, 0.2) is 18.2 Å². The van der Waals surface area contributed by atoms with Crippen molar-refractivity contribution in [3.63, 3.8) is 0 Å². The summed E-state index contributed by atoms with van der Waals surface area (Å²) in [5.41, 5.74) is 1.21. The molecule has 0 saturated heterocycles. The minimum Gasteiger partial charge on any atom is -0.493 e. The van der Waals surface area contributed by atoms with Gasteiger partial charge in [-0.05, 0) is 24.6 Å². The maximum atomic E-state index is 5.98. The van der Waals surface area contributed by atoms with E-state index in [9.17, 15) is 0 Å². The zero-order valence-corrected chi connectivity index (χ0v) is 12.8. The minimum absolute atomic E-state index is 0.0963. The Hall–Kier alpha value is -0.730. The molecule has 0 spiro atoms. The van der Waals surface area contributed by atoms with Crippen LogP contribution < -0.4 is 10.1 Å². The second kappa shape index (κ2) is 6.44. The maximum absolute atomic E-state index is 5.98. The number of aryl methyl sites for hydroxylation is 1. The molecule has 3 heteroatoms. The molecule has 1 aromatic rings. The summed E-state index contributed by atoms with van der Waals surface area (Å²) < 4.78 is 5.89. The SMILES string of the molecule is Cc1ccc(Cl)cc1OCC(C)(C)CNC(C)C. The van der Waals surface area contributed by atoms with Gasteiger partial charge in [0.25, 0.3) is 0 Å². The van der Waals surface area contributed by atoms with E-state index in [2.05, 4.69) is 33.0 Å². The average molecular weight is 270 g/mol. The smallest absolute Gasteiger partial charge is 0.123 e. The van der Waals surface area contributed by atoms with Crippen LogP contribution in [0.2, 0.25) is 5.02 Å². The Kier molecular flexibility index (Phi) is 5.48. The molecule has 0 aliphatic rings. The van der Waals surface area contributed by atoms with Crippen molar-refractivity contribution in [1.82, 2.24) is 5.32 Å². The lowest BCUT2D eigenvalue weighted by molar-refractivity contribution is 0.173. The molecule has 2 nitrogen and oxygen atoms in total. The molecule has 18 heavy (non-hydrogen) atoms. The molecule has 0 bridgehead atoms. The number of ether oxygens (including phenoxy) is 1. The summed E-state index contributed by atoms with van der Waals surface area (Å²) in [4.78, 5) is 0. The first-order chi connectivity index (χ1) is 8.30. The zero-order valence-electron chi connectivity index (χ0n) is 12.0. The van der Waals surface area contributed by atoms with Gasteiger partial charge in [0, 0.05) is 23.0 Å². The molecule has 0 atom stereocenters. The molecular formula is C15H24ClNO. The molecular weight excluding hydrogens is 246 g/mol. The Bertz CT molecular complexity index is 388. The molecule has 0 aromatic heterocycles. The number of nitrogens with one attached hydrogen (secondary N) is 1. The summed E-state index contributed by atoms with van der Waals surface area (Å²) in [6, 6.07) is 6.24. The third kappa shape index (κ3) is 5.28. The first kappa shape index (κ1) is 15.3. The fourth-order valence-corrected chi connectivity index (χ4v) is 1.70. The van der Waals surface area contributed by atoms with Crippen LogP contribution in [0.3, 0.4) is 0 Å². The number of hydrogen-bond acceptors (Lipinski definition) is 2. The highest BCUT2D eigenvalue weighted by Gasteiger charge is 2.19. The van der Waals surface area contributed by atoms with Crippen molar-refractivity contribution in [3.8, 4) is 5.75 Å². The fraction of sp³-hybridized carbons (Fsp3) is 0.600. The van der Waals surface area contributed by atoms with Gasteiger partial charge in [0.15, 0.2) is 0 Å². The topological polar surface area (TPSA) is 21.3 Å².